The molecule has 2 fully saturated rings. The molecule has 3 heterocycles. The Balaban J connectivity index is 1.40. The molecule has 2 aliphatic heterocycles. The van der Waals surface area contributed by atoms with Gasteiger partial charge in [0.05, 0.1) is 5.69 Å². The Kier molecular flexibility index (Phi) is 4.79. The van der Waals surface area contributed by atoms with E-state index in [1.165, 1.54) is 38.5 Å². The van der Waals surface area contributed by atoms with Crippen LogP contribution in [0.1, 0.15) is 67.9 Å². The maximum absolute atomic E-state index is 12.6. The minimum absolute atomic E-state index is 0.327. The van der Waals surface area contributed by atoms with Gasteiger partial charge in [0.15, 0.2) is 0 Å². The molecule has 1 aromatic rings. The van der Waals surface area contributed by atoms with Gasteiger partial charge in [0.2, 0.25) is 5.91 Å². The van der Waals surface area contributed by atoms with Crippen molar-refractivity contribution in [1.82, 2.24) is 20.2 Å². The molecule has 0 aromatic carbocycles. The highest BCUT2D eigenvalue weighted by atomic mass is 16.2. The van der Waals surface area contributed by atoms with Gasteiger partial charge in [-0.05, 0) is 38.1 Å². The number of amides is 1. The molecule has 5 nitrogen and oxygen atoms in total. The molecular formula is C19H28N4O. The number of hydrogen-bond donors (Lipinski definition) is 1. The molecule has 4 rings (SSSR count). The summed E-state index contributed by atoms with van der Waals surface area (Å²) in [6.45, 7) is 3.62. The van der Waals surface area contributed by atoms with Crippen LogP contribution in [0.15, 0.2) is 6.20 Å². The number of rotatable bonds is 3. The van der Waals surface area contributed by atoms with E-state index < -0.39 is 0 Å². The van der Waals surface area contributed by atoms with Crippen molar-refractivity contribution in [2.45, 2.75) is 63.8 Å². The molecule has 1 saturated heterocycles. The van der Waals surface area contributed by atoms with E-state index in [2.05, 4.69) is 10.3 Å². The Labute approximate surface area is 144 Å². The molecule has 1 saturated carbocycles. The smallest absolute Gasteiger partial charge is 0.223 e. The van der Waals surface area contributed by atoms with Gasteiger partial charge in [0, 0.05) is 50.2 Å². The maximum Gasteiger partial charge on any atom is 0.223 e. The van der Waals surface area contributed by atoms with Crippen LogP contribution < -0.4 is 5.32 Å². The van der Waals surface area contributed by atoms with Gasteiger partial charge in [-0.3, -0.25) is 4.79 Å². The molecule has 1 aromatic heterocycles. The number of piperidine rings is 1. The normalized spacial score (nSPS) is 24.8. The molecule has 0 radical (unpaired) electrons. The van der Waals surface area contributed by atoms with Gasteiger partial charge in [-0.15, -0.1) is 0 Å². The molecular weight excluding hydrogens is 300 g/mol. The zero-order valence-corrected chi connectivity index (χ0v) is 14.5. The van der Waals surface area contributed by atoms with Gasteiger partial charge < -0.3 is 10.2 Å². The average molecular weight is 328 g/mol. The Morgan fingerprint density at radius 2 is 2.12 bits per heavy atom. The molecule has 1 amide bonds. The molecule has 3 aliphatic rings. The highest BCUT2D eigenvalue weighted by Gasteiger charge is 2.27. The van der Waals surface area contributed by atoms with Gasteiger partial charge in [-0.1, -0.05) is 12.8 Å². The van der Waals surface area contributed by atoms with Crippen molar-refractivity contribution in [2.24, 2.45) is 5.92 Å². The van der Waals surface area contributed by atoms with E-state index >= 15 is 0 Å². The van der Waals surface area contributed by atoms with Gasteiger partial charge in [0.1, 0.15) is 5.82 Å². The van der Waals surface area contributed by atoms with Gasteiger partial charge in [-0.2, -0.15) is 0 Å². The molecule has 0 spiro atoms. The molecule has 5 heteroatoms. The molecule has 1 atom stereocenters. The third-order valence-electron chi connectivity index (χ3n) is 5.91. The first-order valence-corrected chi connectivity index (χ1v) is 9.63. The number of carbonyl (C=O) groups is 1. The number of nitrogens with one attached hydrogen (secondary N) is 1. The minimum Gasteiger partial charge on any atom is -0.338 e. The number of carbonyl (C=O) groups excluding carboxylic acids is 1. The summed E-state index contributed by atoms with van der Waals surface area (Å²) in [6, 6.07) is 0. The van der Waals surface area contributed by atoms with Crippen molar-refractivity contribution in [3.63, 3.8) is 0 Å². The fourth-order valence-corrected chi connectivity index (χ4v) is 4.40. The molecule has 1 N–H and O–H groups in total. The summed E-state index contributed by atoms with van der Waals surface area (Å²) in [4.78, 5) is 24.0. The van der Waals surface area contributed by atoms with Crippen molar-refractivity contribution >= 4 is 5.91 Å². The molecule has 1 unspecified atom stereocenters. The van der Waals surface area contributed by atoms with Crippen LogP contribution in [0.3, 0.4) is 0 Å². The lowest BCUT2D eigenvalue weighted by molar-refractivity contribution is -0.133. The fourth-order valence-electron chi connectivity index (χ4n) is 4.40. The van der Waals surface area contributed by atoms with Crippen LogP contribution in [0.2, 0.25) is 0 Å². The lowest BCUT2D eigenvalue weighted by Gasteiger charge is -2.30. The van der Waals surface area contributed by atoms with Crippen LogP contribution in [0.4, 0.5) is 0 Å². The SMILES string of the molecule is O=C(CC1CCCC1)N1CCc2nc(C3CCCNC3)ncc2C1. The molecule has 130 valence electrons. The summed E-state index contributed by atoms with van der Waals surface area (Å²) in [6.07, 6.45) is 11.0. The Hall–Kier alpha value is -1.49. The van der Waals surface area contributed by atoms with Gasteiger partial charge in [0.25, 0.3) is 0 Å². The summed E-state index contributed by atoms with van der Waals surface area (Å²) in [5.74, 6) is 2.39. The Morgan fingerprint density at radius 1 is 1.25 bits per heavy atom. The van der Waals surface area contributed by atoms with E-state index in [0.717, 1.165) is 49.6 Å². The number of fused-ring (bicyclic) bond motifs is 1. The second kappa shape index (κ2) is 7.18. The summed E-state index contributed by atoms with van der Waals surface area (Å²) < 4.78 is 0. The Morgan fingerprint density at radius 3 is 2.92 bits per heavy atom. The zero-order chi connectivity index (χ0) is 16.4. The van der Waals surface area contributed by atoms with Crippen molar-refractivity contribution in [3.8, 4) is 0 Å². The highest BCUT2D eigenvalue weighted by molar-refractivity contribution is 5.76. The summed E-state index contributed by atoms with van der Waals surface area (Å²) in [5.41, 5.74) is 2.31. The van der Waals surface area contributed by atoms with Crippen LogP contribution >= 0.6 is 0 Å². The zero-order valence-electron chi connectivity index (χ0n) is 14.5. The van der Waals surface area contributed by atoms with Crippen LogP contribution in [0.5, 0.6) is 0 Å². The Bertz CT molecular complexity index is 591. The maximum atomic E-state index is 12.6. The minimum atomic E-state index is 0.327. The quantitative estimate of drug-likeness (QED) is 0.926. The van der Waals surface area contributed by atoms with E-state index in [1.54, 1.807) is 0 Å². The summed E-state index contributed by atoms with van der Waals surface area (Å²) in [7, 11) is 0. The molecule has 0 bridgehead atoms. The number of nitrogens with zero attached hydrogens (tertiary/aromatic N) is 3. The monoisotopic (exact) mass is 328 g/mol. The van der Waals surface area contributed by atoms with E-state index in [4.69, 9.17) is 4.98 Å². The summed E-state index contributed by atoms with van der Waals surface area (Å²) in [5, 5.41) is 3.44. The largest absolute Gasteiger partial charge is 0.338 e. The van der Waals surface area contributed by atoms with E-state index in [0.29, 0.717) is 24.3 Å². The lowest BCUT2D eigenvalue weighted by atomic mass is 9.97. The van der Waals surface area contributed by atoms with E-state index in [-0.39, 0.29) is 0 Å². The van der Waals surface area contributed by atoms with Crippen molar-refractivity contribution < 1.29 is 4.79 Å². The van der Waals surface area contributed by atoms with Gasteiger partial charge >= 0.3 is 0 Å². The fraction of sp³-hybridized carbons (Fsp3) is 0.737. The lowest BCUT2D eigenvalue weighted by Crippen LogP contribution is -2.37. The standard InChI is InChI=1S/C19H28N4O/c24-18(10-14-4-1-2-5-14)23-9-7-17-16(13-23)12-21-19(22-17)15-6-3-8-20-11-15/h12,14-15,20H,1-11,13H2. The topological polar surface area (TPSA) is 58.1 Å². The van der Waals surface area contributed by atoms with Gasteiger partial charge in [-0.25, -0.2) is 9.97 Å². The van der Waals surface area contributed by atoms with E-state index in [9.17, 15) is 4.79 Å². The van der Waals surface area contributed by atoms with Crippen LogP contribution in [-0.2, 0) is 17.8 Å². The third kappa shape index (κ3) is 3.46. The van der Waals surface area contributed by atoms with Crippen molar-refractivity contribution in [3.05, 3.63) is 23.3 Å². The highest BCUT2D eigenvalue weighted by Crippen LogP contribution is 2.29. The third-order valence-corrected chi connectivity index (χ3v) is 5.91. The number of aromatic nitrogens is 2. The second-order valence-corrected chi connectivity index (χ2v) is 7.66. The predicted octanol–water partition coefficient (Wildman–Crippen LogP) is 2.41. The second-order valence-electron chi connectivity index (χ2n) is 7.66. The number of hydrogen-bond acceptors (Lipinski definition) is 4. The predicted molar refractivity (Wildman–Crippen MR) is 92.6 cm³/mol. The van der Waals surface area contributed by atoms with E-state index in [1.807, 2.05) is 11.1 Å². The molecule has 1 aliphatic carbocycles. The first-order valence-electron chi connectivity index (χ1n) is 9.63. The molecule has 24 heavy (non-hydrogen) atoms. The first-order chi connectivity index (χ1) is 11.8. The van der Waals surface area contributed by atoms with Crippen LogP contribution in [-0.4, -0.2) is 40.4 Å². The van der Waals surface area contributed by atoms with Crippen LogP contribution in [0.25, 0.3) is 0 Å². The van der Waals surface area contributed by atoms with Crippen molar-refractivity contribution in [2.75, 3.05) is 19.6 Å². The average Bonchev–Trinajstić information content (AvgIpc) is 3.14. The summed E-state index contributed by atoms with van der Waals surface area (Å²) >= 11 is 0. The van der Waals surface area contributed by atoms with Crippen molar-refractivity contribution in [1.29, 1.82) is 0 Å². The first kappa shape index (κ1) is 16.0. The van der Waals surface area contributed by atoms with Crippen LogP contribution in [0, 0.1) is 5.92 Å².